The third-order valence-corrected chi connectivity index (χ3v) is 8.01. The maximum absolute atomic E-state index is 13.1. The molecular weight excluding hydrogens is 557 g/mol. The number of benzene rings is 3. The zero-order valence-electron chi connectivity index (χ0n) is 18.7. The first kappa shape index (κ1) is 24.9. The first-order chi connectivity index (χ1) is 17.4. The molecule has 1 saturated heterocycles. The van der Waals surface area contributed by atoms with Crippen molar-refractivity contribution in [3.05, 3.63) is 86.7 Å². The largest absolute Gasteiger partial charge is 0.493 e. The summed E-state index contributed by atoms with van der Waals surface area (Å²) in [7, 11) is 1.56. The van der Waals surface area contributed by atoms with E-state index in [9.17, 15) is 4.79 Å². The molecule has 1 aliphatic rings. The number of methoxy groups -OCH3 is 1. The van der Waals surface area contributed by atoms with Crippen LogP contribution in [0.25, 0.3) is 16.3 Å². The Morgan fingerprint density at radius 2 is 1.94 bits per heavy atom. The second-order valence-corrected chi connectivity index (χ2v) is 11.1. The van der Waals surface area contributed by atoms with E-state index in [1.807, 2.05) is 36.4 Å². The fourth-order valence-corrected chi connectivity index (χ4v) is 5.92. The zero-order valence-corrected chi connectivity index (χ0v) is 22.6. The van der Waals surface area contributed by atoms with Crippen LogP contribution in [-0.2, 0) is 11.4 Å². The van der Waals surface area contributed by atoms with Gasteiger partial charge in [-0.1, -0.05) is 70.6 Å². The zero-order chi connectivity index (χ0) is 25.2. The molecule has 3 aromatic carbocycles. The highest BCUT2D eigenvalue weighted by Crippen LogP contribution is 2.36. The maximum atomic E-state index is 13.1. The van der Waals surface area contributed by atoms with E-state index in [-0.39, 0.29) is 12.5 Å². The maximum Gasteiger partial charge on any atom is 0.285 e. The molecular formula is C25H17Cl2N3O3S3. The molecule has 36 heavy (non-hydrogen) atoms. The first-order valence-corrected chi connectivity index (χ1v) is 13.4. The van der Waals surface area contributed by atoms with Crippen molar-refractivity contribution in [2.45, 2.75) is 6.61 Å². The molecule has 1 fully saturated rings. The fourth-order valence-electron chi connectivity index (χ4n) is 3.42. The minimum absolute atomic E-state index is 0.249. The average Bonchev–Trinajstić information content (AvgIpc) is 3.39. The van der Waals surface area contributed by atoms with Gasteiger partial charge in [0.2, 0.25) is 5.13 Å². The number of anilines is 1. The van der Waals surface area contributed by atoms with Crippen molar-refractivity contribution in [3.63, 3.8) is 0 Å². The van der Waals surface area contributed by atoms with Gasteiger partial charge in [0.05, 0.1) is 22.2 Å². The third kappa shape index (κ3) is 5.30. The van der Waals surface area contributed by atoms with E-state index in [0.717, 1.165) is 21.3 Å². The number of ether oxygens (including phenoxy) is 2. The molecule has 2 heterocycles. The van der Waals surface area contributed by atoms with Gasteiger partial charge in [-0.25, -0.2) is 4.98 Å². The Morgan fingerprint density at radius 3 is 2.72 bits per heavy atom. The van der Waals surface area contributed by atoms with E-state index in [0.29, 0.717) is 35.9 Å². The van der Waals surface area contributed by atoms with Crippen molar-refractivity contribution in [1.82, 2.24) is 9.99 Å². The summed E-state index contributed by atoms with van der Waals surface area (Å²) in [6.45, 7) is 0.252. The lowest BCUT2D eigenvalue weighted by atomic mass is 10.2. The summed E-state index contributed by atoms with van der Waals surface area (Å²) >= 11 is 20.3. The number of fused-ring (bicyclic) bond motifs is 1. The Morgan fingerprint density at radius 1 is 1.11 bits per heavy atom. The van der Waals surface area contributed by atoms with Crippen molar-refractivity contribution >= 4 is 90.2 Å². The van der Waals surface area contributed by atoms with Gasteiger partial charge in [-0.2, -0.15) is 5.01 Å². The van der Waals surface area contributed by atoms with Crippen LogP contribution in [0.4, 0.5) is 5.13 Å². The number of amides is 1. The standard InChI is InChI=1S/C25H17Cl2N3O3S3/c1-32-20-10-14(6-9-19(20)33-13-15-7-8-16(26)12-17(15)27)11-22-23(31)30(25(34)36-22)29-24-28-18-4-2-3-5-21(18)35-24/h2-12H,13H2,1H3,(H,28,29)/b22-11-. The molecule has 11 heteroatoms. The van der Waals surface area contributed by atoms with Gasteiger partial charge in [-0.05, 0) is 60.3 Å². The van der Waals surface area contributed by atoms with Gasteiger partial charge in [0.25, 0.3) is 5.91 Å². The van der Waals surface area contributed by atoms with Crippen molar-refractivity contribution in [2.24, 2.45) is 0 Å². The lowest BCUT2D eigenvalue weighted by molar-refractivity contribution is -0.121. The van der Waals surface area contributed by atoms with E-state index in [1.165, 1.54) is 28.1 Å². The molecule has 182 valence electrons. The fraction of sp³-hybridized carbons (Fsp3) is 0.0800. The van der Waals surface area contributed by atoms with Gasteiger partial charge >= 0.3 is 0 Å². The molecule has 0 spiro atoms. The average molecular weight is 575 g/mol. The highest BCUT2D eigenvalue weighted by atomic mass is 35.5. The number of rotatable bonds is 7. The van der Waals surface area contributed by atoms with Crippen molar-refractivity contribution < 1.29 is 14.3 Å². The van der Waals surface area contributed by atoms with E-state index in [1.54, 1.807) is 37.5 Å². The lowest BCUT2D eigenvalue weighted by Crippen LogP contribution is -2.33. The van der Waals surface area contributed by atoms with Crippen LogP contribution in [-0.4, -0.2) is 27.3 Å². The molecule has 0 radical (unpaired) electrons. The number of thiazole rings is 1. The minimum Gasteiger partial charge on any atom is -0.493 e. The molecule has 0 saturated carbocycles. The van der Waals surface area contributed by atoms with Gasteiger partial charge in [0, 0.05) is 15.6 Å². The highest BCUT2D eigenvalue weighted by molar-refractivity contribution is 8.26. The number of nitrogens with one attached hydrogen (secondary N) is 1. The number of halogens is 2. The number of thiocarbonyl (C=S) groups is 1. The van der Waals surface area contributed by atoms with E-state index >= 15 is 0 Å². The number of hydrazine groups is 1. The number of hydrogen-bond donors (Lipinski definition) is 1. The van der Waals surface area contributed by atoms with Gasteiger partial charge in [-0.15, -0.1) is 0 Å². The smallest absolute Gasteiger partial charge is 0.285 e. The topological polar surface area (TPSA) is 63.7 Å². The first-order valence-electron chi connectivity index (χ1n) is 10.6. The second-order valence-electron chi connectivity index (χ2n) is 7.55. The molecule has 4 aromatic rings. The van der Waals surface area contributed by atoms with E-state index in [4.69, 9.17) is 44.9 Å². The summed E-state index contributed by atoms with van der Waals surface area (Å²) in [6, 6.07) is 18.4. The number of thioether (sulfide) groups is 1. The molecule has 1 N–H and O–H groups in total. The second kappa shape index (κ2) is 10.7. The number of aromatic nitrogens is 1. The molecule has 0 bridgehead atoms. The van der Waals surface area contributed by atoms with Gasteiger partial charge in [0.15, 0.2) is 15.8 Å². The van der Waals surface area contributed by atoms with Crippen LogP contribution in [0.3, 0.4) is 0 Å². The summed E-state index contributed by atoms with van der Waals surface area (Å²) in [4.78, 5) is 18.1. The SMILES string of the molecule is COc1cc(/C=C2\SC(=S)N(Nc3nc4ccccc4s3)C2=O)ccc1OCc1ccc(Cl)cc1Cl. The van der Waals surface area contributed by atoms with Crippen molar-refractivity contribution in [1.29, 1.82) is 0 Å². The number of hydrogen-bond acceptors (Lipinski definition) is 8. The number of nitrogens with zero attached hydrogens (tertiary/aromatic N) is 2. The van der Waals surface area contributed by atoms with Gasteiger partial charge < -0.3 is 9.47 Å². The minimum atomic E-state index is -0.249. The summed E-state index contributed by atoms with van der Waals surface area (Å²) in [5, 5.41) is 3.03. The highest BCUT2D eigenvalue weighted by Gasteiger charge is 2.33. The molecule has 5 rings (SSSR count). The van der Waals surface area contributed by atoms with E-state index < -0.39 is 0 Å². The molecule has 6 nitrogen and oxygen atoms in total. The third-order valence-electron chi connectivity index (χ3n) is 5.18. The predicted octanol–water partition coefficient (Wildman–Crippen LogP) is 7.42. The van der Waals surface area contributed by atoms with Crippen LogP contribution in [0.5, 0.6) is 11.5 Å². The van der Waals surface area contributed by atoms with E-state index in [2.05, 4.69) is 10.4 Å². The summed E-state index contributed by atoms with van der Waals surface area (Å²) < 4.78 is 12.8. The monoisotopic (exact) mass is 573 g/mol. The predicted molar refractivity (Wildman–Crippen MR) is 152 cm³/mol. The Kier molecular flexibility index (Phi) is 7.36. The Balaban J connectivity index is 1.31. The lowest BCUT2D eigenvalue weighted by Gasteiger charge is -2.14. The van der Waals surface area contributed by atoms with Crippen LogP contribution in [0, 0.1) is 0 Å². The van der Waals surface area contributed by atoms with Crippen molar-refractivity contribution in [2.75, 3.05) is 12.5 Å². The normalized spacial score (nSPS) is 14.6. The van der Waals surface area contributed by atoms with Gasteiger partial charge in [-0.3, -0.25) is 10.2 Å². The molecule has 1 aromatic heterocycles. The molecule has 1 aliphatic heterocycles. The van der Waals surface area contributed by atoms with Crippen molar-refractivity contribution in [3.8, 4) is 11.5 Å². The van der Waals surface area contributed by atoms with Crippen LogP contribution in [0.15, 0.2) is 65.6 Å². The van der Waals surface area contributed by atoms with Crippen LogP contribution in [0.2, 0.25) is 10.0 Å². The molecule has 1 amide bonds. The van der Waals surface area contributed by atoms with Gasteiger partial charge in [0.1, 0.15) is 6.61 Å². The molecule has 0 aliphatic carbocycles. The summed E-state index contributed by atoms with van der Waals surface area (Å²) in [5.41, 5.74) is 5.47. The summed E-state index contributed by atoms with van der Waals surface area (Å²) in [6.07, 6.45) is 1.77. The number of para-hydroxylation sites is 1. The Bertz CT molecular complexity index is 1490. The Hall–Kier alpha value is -2.82. The van der Waals surface area contributed by atoms with Crippen LogP contribution >= 0.6 is 58.5 Å². The number of carbonyl (C=O) groups excluding carboxylic acids is 1. The number of carbonyl (C=O) groups is 1. The molecule has 0 unspecified atom stereocenters. The molecule has 0 atom stereocenters. The Labute approximate surface area is 230 Å². The summed E-state index contributed by atoms with van der Waals surface area (Å²) in [5.74, 6) is 0.823. The van der Waals surface area contributed by atoms with Crippen LogP contribution < -0.4 is 14.9 Å². The van der Waals surface area contributed by atoms with Crippen LogP contribution in [0.1, 0.15) is 11.1 Å². The quantitative estimate of drug-likeness (QED) is 0.182.